The standard InChI is InChI=1S/C49H74N2O5/c1-32(2)35-21-26-49(31-51(30-29-50(11)12)40(52)19-20-41(53)54)28-27-47(9)37(42(35)49)17-18-39-46(8)24-22-36(45(6,7)38(46)23-25-48(39,47)10)33-13-15-34(16-14-33)43(55)56-44(3,4)5/h13-16,22,35,37-39,42H,1,17-21,23-31H2,2-12H3,(H,53,54)/t35-,37+,38-,39+,42+,46-,47+,48+,49+/m0/s1. The number of carboxylic acids is 1. The van der Waals surface area contributed by atoms with Crippen LogP contribution in [-0.4, -0.2) is 72.1 Å². The Morgan fingerprint density at radius 1 is 0.857 bits per heavy atom. The molecule has 5 aliphatic rings. The van der Waals surface area contributed by atoms with Gasteiger partial charge >= 0.3 is 11.9 Å². The molecule has 0 spiro atoms. The summed E-state index contributed by atoms with van der Waals surface area (Å²) in [5, 5.41) is 9.44. The highest BCUT2D eigenvalue weighted by molar-refractivity contribution is 5.90. The van der Waals surface area contributed by atoms with E-state index in [1.165, 1.54) is 48.8 Å². The molecule has 1 aromatic rings. The van der Waals surface area contributed by atoms with Crippen molar-refractivity contribution < 1.29 is 24.2 Å². The molecule has 1 amide bonds. The van der Waals surface area contributed by atoms with E-state index >= 15 is 0 Å². The number of ether oxygens (including phenoxy) is 1. The molecule has 9 atom stereocenters. The van der Waals surface area contributed by atoms with E-state index in [2.05, 4.69) is 76.1 Å². The minimum absolute atomic E-state index is 0.0114. The number of nitrogens with zero attached hydrogens (tertiary/aromatic N) is 2. The van der Waals surface area contributed by atoms with Gasteiger partial charge in [-0.2, -0.15) is 0 Å². The van der Waals surface area contributed by atoms with Gasteiger partial charge in [-0.25, -0.2) is 4.79 Å². The zero-order valence-electron chi connectivity index (χ0n) is 36.9. The van der Waals surface area contributed by atoms with Crippen LogP contribution in [0.1, 0.15) is 149 Å². The fourth-order valence-electron chi connectivity index (χ4n) is 14.1. The summed E-state index contributed by atoms with van der Waals surface area (Å²) in [5.41, 5.74) is 4.58. The van der Waals surface area contributed by atoms with Crippen LogP contribution >= 0.6 is 0 Å². The molecule has 7 nitrogen and oxygen atoms in total. The van der Waals surface area contributed by atoms with Gasteiger partial charge in [0, 0.05) is 26.1 Å². The molecule has 6 rings (SSSR count). The number of carboxylic acid groups (broad SMARTS) is 1. The van der Waals surface area contributed by atoms with E-state index in [0.717, 1.165) is 38.8 Å². The number of hydrogen-bond donors (Lipinski definition) is 1. The van der Waals surface area contributed by atoms with Crippen molar-refractivity contribution in [3.05, 3.63) is 53.6 Å². The Labute approximate surface area is 339 Å². The summed E-state index contributed by atoms with van der Waals surface area (Å²) < 4.78 is 5.65. The van der Waals surface area contributed by atoms with Gasteiger partial charge in [0.2, 0.25) is 5.91 Å². The molecule has 0 radical (unpaired) electrons. The quantitative estimate of drug-likeness (QED) is 0.178. The predicted octanol–water partition coefficient (Wildman–Crippen LogP) is 10.5. The Hall–Kier alpha value is -2.93. The Bertz CT molecular complexity index is 1720. The van der Waals surface area contributed by atoms with Crippen molar-refractivity contribution in [3.63, 3.8) is 0 Å². The van der Waals surface area contributed by atoms with Gasteiger partial charge < -0.3 is 19.6 Å². The van der Waals surface area contributed by atoms with Crippen molar-refractivity contribution in [3.8, 4) is 0 Å². The van der Waals surface area contributed by atoms with Gasteiger partial charge in [0.25, 0.3) is 0 Å². The molecule has 1 aromatic carbocycles. The molecule has 1 N–H and O–H groups in total. The molecule has 0 bridgehead atoms. The number of amides is 1. The van der Waals surface area contributed by atoms with Crippen molar-refractivity contribution in [2.75, 3.05) is 33.7 Å². The molecule has 310 valence electrons. The highest BCUT2D eigenvalue weighted by Gasteiger charge is 2.70. The summed E-state index contributed by atoms with van der Waals surface area (Å²) in [7, 11) is 4.09. The number of aliphatic carboxylic acids is 1. The van der Waals surface area contributed by atoms with Crippen LogP contribution in [0.2, 0.25) is 0 Å². The second-order valence-corrected chi connectivity index (χ2v) is 21.7. The average Bonchev–Trinajstić information content (AvgIpc) is 3.48. The molecule has 56 heavy (non-hydrogen) atoms. The summed E-state index contributed by atoms with van der Waals surface area (Å²) in [6.07, 6.45) is 13.1. The maximum atomic E-state index is 13.7. The third-order valence-corrected chi connectivity index (χ3v) is 16.9. The van der Waals surface area contributed by atoms with Crippen molar-refractivity contribution in [2.24, 2.45) is 56.7 Å². The van der Waals surface area contributed by atoms with E-state index in [1.54, 1.807) is 0 Å². The monoisotopic (exact) mass is 771 g/mol. The minimum Gasteiger partial charge on any atom is -0.481 e. The topological polar surface area (TPSA) is 87.2 Å². The number of carbonyl (C=O) groups is 3. The van der Waals surface area contributed by atoms with Gasteiger partial charge in [-0.1, -0.05) is 65.0 Å². The number of likely N-dealkylation sites (N-methyl/N-ethyl adjacent to an activating group) is 1. The zero-order chi connectivity index (χ0) is 41.2. The SMILES string of the molecule is C=C(C)[C@@H]1CC[C@]2(CN(CCN(C)C)C(=O)CCC(=O)O)CC[C@]3(C)[C@H](CC[C@@H]4[C@@]5(C)CC=C(c6ccc(C(=O)OC(C)(C)C)cc6)C(C)(C)[C@@H]5CC[C@]43C)[C@@H]12. The molecular weight excluding hydrogens is 697 g/mol. The van der Waals surface area contributed by atoms with Crippen LogP contribution in [0.15, 0.2) is 42.5 Å². The van der Waals surface area contributed by atoms with Crippen LogP contribution in [0, 0.1) is 56.7 Å². The van der Waals surface area contributed by atoms with Crippen LogP contribution in [0.4, 0.5) is 0 Å². The molecule has 4 fully saturated rings. The summed E-state index contributed by atoms with van der Waals surface area (Å²) in [5.74, 6) is 1.48. The first-order chi connectivity index (χ1) is 26.0. The molecule has 7 heteroatoms. The lowest BCUT2D eigenvalue weighted by Gasteiger charge is -2.72. The van der Waals surface area contributed by atoms with E-state index in [0.29, 0.717) is 41.7 Å². The number of hydrogen-bond acceptors (Lipinski definition) is 5. The smallest absolute Gasteiger partial charge is 0.338 e. The van der Waals surface area contributed by atoms with Crippen LogP contribution in [0.5, 0.6) is 0 Å². The second kappa shape index (κ2) is 15.0. The van der Waals surface area contributed by atoms with Crippen LogP contribution < -0.4 is 0 Å². The summed E-state index contributed by atoms with van der Waals surface area (Å²) in [6.45, 7) is 27.6. The fourth-order valence-corrected chi connectivity index (χ4v) is 14.1. The van der Waals surface area contributed by atoms with Crippen molar-refractivity contribution in [1.29, 1.82) is 0 Å². The first-order valence-corrected chi connectivity index (χ1v) is 21.8. The molecule has 0 heterocycles. The average molecular weight is 771 g/mol. The molecular formula is C49H74N2O5. The molecule has 0 aliphatic heterocycles. The first kappa shape index (κ1) is 42.7. The van der Waals surface area contributed by atoms with Gasteiger partial charge in [0.15, 0.2) is 0 Å². The minimum atomic E-state index is -0.908. The molecule has 4 saturated carbocycles. The summed E-state index contributed by atoms with van der Waals surface area (Å²) in [4.78, 5) is 42.2. The van der Waals surface area contributed by atoms with Gasteiger partial charge in [-0.05, 0) is 180 Å². The van der Waals surface area contributed by atoms with E-state index in [4.69, 9.17) is 4.74 Å². The van der Waals surface area contributed by atoms with Crippen molar-refractivity contribution >= 4 is 23.4 Å². The van der Waals surface area contributed by atoms with Gasteiger partial charge in [-0.15, -0.1) is 0 Å². The Morgan fingerprint density at radius 3 is 2.14 bits per heavy atom. The summed E-state index contributed by atoms with van der Waals surface area (Å²) >= 11 is 0. The highest BCUT2D eigenvalue weighted by atomic mass is 16.6. The molecule has 0 unspecified atom stereocenters. The largest absolute Gasteiger partial charge is 0.481 e. The van der Waals surface area contributed by atoms with Gasteiger partial charge in [-0.3, -0.25) is 9.59 Å². The number of benzene rings is 1. The summed E-state index contributed by atoms with van der Waals surface area (Å²) in [6, 6.07) is 8.13. The van der Waals surface area contributed by atoms with E-state index in [9.17, 15) is 19.5 Å². The van der Waals surface area contributed by atoms with E-state index in [-0.39, 0.29) is 51.8 Å². The number of carbonyl (C=O) groups excluding carboxylic acids is 2. The molecule has 5 aliphatic carbocycles. The maximum absolute atomic E-state index is 13.7. The van der Waals surface area contributed by atoms with Crippen molar-refractivity contribution in [1.82, 2.24) is 9.80 Å². The van der Waals surface area contributed by atoms with Gasteiger partial charge in [0.05, 0.1) is 12.0 Å². The Kier molecular flexibility index (Phi) is 11.4. The predicted molar refractivity (Wildman–Crippen MR) is 226 cm³/mol. The number of rotatable bonds is 11. The Morgan fingerprint density at radius 2 is 1.54 bits per heavy atom. The highest BCUT2D eigenvalue weighted by Crippen LogP contribution is 2.77. The number of allylic oxidation sites excluding steroid dienone is 3. The third-order valence-electron chi connectivity index (χ3n) is 16.9. The lowest BCUT2D eigenvalue weighted by molar-refractivity contribution is -0.226. The maximum Gasteiger partial charge on any atom is 0.338 e. The normalized spacial score (nSPS) is 36.0. The fraction of sp³-hybridized carbons (Fsp3) is 0.735. The molecule has 0 aromatic heterocycles. The van der Waals surface area contributed by atoms with Crippen LogP contribution in [0.25, 0.3) is 5.57 Å². The number of fused-ring (bicyclic) bond motifs is 7. The van der Waals surface area contributed by atoms with E-state index in [1.807, 2.05) is 47.0 Å². The first-order valence-electron chi connectivity index (χ1n) is 21.8. The second-order valence-electron chi connectivity index (χ2n) is 21.7. The van der Waals surface area contributed by atoms with E-state index < -0.39 is 11.6 Å². The number of esters is 1. The van der Waals surface area contributed by atoms with Crippen LogP contribution in [0.3, 0.4) is 0 Å². The lowest BCUT2D eigenvalue weighted by atomic mass is 9.32. The molecule has 0 saturated heterocycles. The van der Waals surface area contributed by atoms with Crippen LogP contribution in [-0.2, 0) is 14.3 Å². The van der Waals surface area contributed by atoms with Gasteiger partial charge in [0.1, 0.15) is 5.60 Å². The third kappa shape index (κ3) is 7.34. The van der Waals surface area contributed by atoms with Crippen molar-refractivity contribution in [2.45, 2.75) is 139 Å². The zero-order valence-corrected chi connectivity index (χ0v) is 36.9. The Balaban J connectivity index is 1.29. The lowest BCUT2D eigenvalue weighted by Crippen LogP contribution is -2.66.